The van der Waals surface area contributed by atoms with Gasteiger partial charge in [-0.1, -0.05) is 13.0 Å². The Morgan fingerprint density at radius 1 is 1.53 bits per heavy atom. The second-order valence-corrected chi connectivity index (χ2v) is 3.21. The number of halogens is 1. The summed E-state index contributed by atoms with van der Waals surface area (Å²) in [5.74, 6) is 0.155. The van der Waals surface area contributed by atoms with Crippen LogP contribution in [0.5, 0.6) is 5.75 Å². The minimum atomic E-state index is -0.323. The minimum absolute atomic E-state index is 0.00313. The summed E-state index contributed by atoms with van der Waals surface area (Å²) < 4.78 is 18.1. The maximum atomic E-state index is 12.8. The quantitative estimate of drug-likeness (QED) is 0.745. The standard InChI is InChI=1S/C11H16FNO2/c1-2-13-10(7-14)8-15-11-5-3-4-9(12)6-11/h3-6,10,13-14H,2,7-8H2,1H3. The molecule has 1 unspecified atom stereocenters. The highest BCUT2D eigenvalue weighted by Gasteiger charge is 2.06. The van der Waals surface area contributed by atoms with Crippen LogP contribution in [0, 0.1) is 5.82 Å². The van der Waals surface area contributed by atoms with Gasteiger partial charge < -0.3 is 15.2 Å². The van der Waals surface area contributed by atoms with Crippen LogP contribution in [0.3, 0.4) is 0 Å². The molecular formula is C11H16FNO2. The largest absolute Gasteiger partial charge is 0.492 e. The van der Waals surface area contributed by atoms with Crippen molar-refractivity contribution in [3.8, 4) is 5.75 Å². The average molecular weight is 213 g/mol. The van der Waals surface area contributed by atoms with Gasteiger partial charge in [0.1, 0.15) is 18.2 Å². The second-order valence-electron chi connectivity index (χ2n) is 3.21. The molecule has 15 heavy (non-hydrogen) atoms. The van der Waals surface area contributed by atoms with Gasteiger partial charge in [0.25, 0.3) is 0 Å². The summed E-state index contributed by atoms with van der Waals surface area (Å²) in [7, 11) is 0. The predicted octanol–water partition coefficient (Wildman–Crippen LogP) is 1.17. The van der Waals surface area contributed by atoms with E-state index in [0.717, 1.165) is 6.54 Å². The van der Waals surface area contributed by atoms with Gasteiger partial charge in [-0.15, -0.1) is 0 Å². The predicted molar refractivity (Wildman–Crippen MR) is 56.4 cm³/mol. The zero-order chi connectivity index (χ0) is 11.1. The van der Waals surface area contributed by atoms with E-state index in [4.69, 9.17) is 9.84 Å². The molecule has 1 aromatic rings. The molecule has 0 aliphatic carbocycles. The maximum Gasteiger partial charge on any atom is 0.126 e. The van der Waals surface area contributed by atoms with Crippen LogP contribution in [0.4, 0.5) is 4.39 Å². The van der Waals surface area contributed by atoms with Crippen LogP contribution in [-0.4, -0.2) is 30.9 Å². The zero-order valence-corrected chi connectivity index (χ0v) is 8.74. The summed E-state index contributed by atoms with van der Waals surface area (Å²) in [5.41, 5.74) is 0. The molecule has 0 heterocycles. The highest BCUT2D eigenvalue weighted by molar-refractivity contribution is 5.22. The summed E-state index contributed by atoms with van der Waals surface area (Å²) in [6.45, 7) is 3.04. The smallest absolute Gasteiger partial charge is 0.126 e. The van der Waals surface area contributed by atoms with Gasteiger partial charge in [-0.2, -0.15) is 0 Å². The molecule has 4 heteroatoms. The van der Waals surface area contributed by atoms with Gasteiger partial charge in [-0.3, -0.25) is 0 Å². The third kappa shape index (κ3) is 4.27. The molecule has 1 aromatic carbocycles. The molecule has 0 saturated heterocycles. The first-order valence-corrected chi connectivity index (χ1v) is 4.99. The van der Waals surface area contributed by atoms with E-state index in [9.17, 15) is 4.39 Å². The van der Waals surface area contributed by atoms with E-state index in [1.165, 1.54) is 12.1 Å². The van der Waals surface area contributed by atoms with Crippen LogP contribution in [0.25, 0.3) is 0 Å². The van der Waals surface area contributed by atoms with Crippen LogP contribution in [0.1, 0.15) is 6.92 Å². The summed E-state index contributed by atoms with van der Waals surface area (Å²) >= 11 is 0. The lowest BCUT2D eigenvalue weighted by Gasteiger charge is -2.15. The van der Waals surface area contributed by atoms with E-state index in [-0.39, 0.29) is 18.5 Å². The Balaban J connectivity index is 2.41. The highest BCUT2D eigenvalue weighted by atomic mass is 19.1. The number of ether oxygens (including phenoxy) is 1. The Bertz CT molecular complexity index is 294. The van der Waals surface area contributed by atoms with Crippen molar-refractivity contribution in [1.29, 1.82) is 0 Å². The number of hydrogen-bond acceptors (Lipinski definition) is 3. The molecule has 0 fully saturated rings. The van der Waals surface area contributed by atoms with Gasteiger partial charge >= 0.3 is 0 Å². The zero-order valence-electron chi connectivity index (χ0n) is 8.74. The molecule has 0 spiro atoms. The molecule has 0 radical (unpaired) electrons. The van der Waals surface area contributed by atoms with Crippen LogP contribution < -0.4 is 10.1 Å². The van der Waals surface area contributed by atoms with Crippen molar-refractivity contribution in [3.05, 3.63) is 30.1 Å². The lowest BCUT2D eigenvalue weighted by Crippen LogP contribution is -2.37. The maximum absolute atomic E-state index is 12.8. The van der Waals surface area contributed by atoms with Crippen LogP contribution in [0.15, 0.2) is 24.3 Å². The summed E-state index contributed by atoms with van der Waals surface area (Å²) in [4.78, 5) is 0. The average Bonchev–Trinajstić information content (AvgIpc) is 2.24. The molecule has 0 aromatic heterocycles. The van der Waals surface area contributed by atoms with E-state index in [1.807, 2.05) is 6.92 Å². The molecule has 0 amide bonds. The first kappa shape index (κ1) is 11.9. The number of hydrogen-bond donors (Lipinski definition) is 2. The number of aliphatic hydroxyl groups is 1. The van der Waals surface area contributed by atoms with E-state index >= 15 is 0 Å². The number of rotatable bonds is 6. The van der Waals surface area contributed by atoms with Crippen molar-refractivity contribution in [3.63, 3.8) is 0 Å². The fraction of sp³-hybridized carbons (Fsp3) is 0.455. The SMILES string of the molecule is CCNC(CO)COc1cccc(F)c1. The fourth-order valence-corrected chi connectivity index (χ4v) is 1.22. The van der Waals surface area contributed by atoms with Crippen molar-refractivity contribution < 1.29 is 14.2 Å². The number of aliphatic hydroxyl groups excluding tert-OH is 1. The lowest BCUT2D eigenvalue weighted by molar-refractivity contribution is 0.184. The molecule has 3 nitrogen and oxygen atoms in total. The van der Waals surface area contributed by atoms with Gasteiger partial charge in [0.05, 0.1) is 12.6 Å². The summed E-state index contributed by atoms with van der Waals surface area (Å²) in [6, 6.07) is 5.84. The molecule has 0 saturated carbocycles. The van der Waals surface area contributed by atoms with Gasteiger partial charge in [0.15, 0.2) is 0 Å². The first-order valence-electron chi connectivity index (χ1n) is 4.99. The van der Waals surface area contributed by atoms with Crippen molar-refractivity contribution in [1.82, 2.24) is 5.32 Å². The Morgan fingerprint density at radius 3 is 2.93 bits per heavy atom. The molecule has 1 rings (SSSR count). The fourth-order valence-electron chi connectivity index (χ4n) is 1.22. The van der Waals surface area contributed by atoms with Crippen LogP contribution in [-0.2, 0) is 0 Å². The lowest BCUT2D eigenvalue weighted by atomic mass is 10.3. The Labute approximate surface area is 88.9 Å². The van der Waals surface area contributed by atoms with E-state index < -0.39 is 0 Å². The molecule has 0 bridgehead atoms. The van der Waals surface area contributed by atoms with E-state index in [2.05, 4.69) is 5.32 Å². The number of nitrogens with one attached hydrogen (secondary N) is 1. The molecule has 2 N–H and O–H groups in total. The monoisotopic (exact) mass is 213 g/mol. The van der Waals surface area contributed by atoms with Crippen molar-refractivity contribution in [2.24, 2.45) is 0 Å². The third-order valence-electron chi connectivity index (χ3n) is 1.96. The summed E-state index contributed by atoms with van der Waals surface area (Å²) in [5, 5.41) is 12.0. The molecule has 0 aliphatic rings. The molecule has 0 aliphatic heterocycles. The highest BCUT2D eigenvalue weighted by Crippen LogP contribution is 2.11. The number of benzene rings is 1. The Kier molecular flexibility index (Phi) is 5.07. The van der Waals surface area contributed by atoms with Crippen LogP contribution >= 0.6 is 0 Å². The van der Waals surface area contributed by atoms with E-state index in [1.54, 1.807) is 12.1 Å². The van der Waals surface area contributed by atoms with Crippen molar-refractivity contribution >= 4 is 0 Å². The third-order valence-corrected chi connectivity index (χ3v) is 1.96. The molecule has 1 atom stereocenters. The van der Waals surface area contributed by atoms with Gasteiger partial charge in [-0.05, 0) is 18.7 Å². The summed E-state index contributed by atoms with van der Waals surface area (Å²) in [6.07, 6.45) is 0. The minimum Gasteiger partial charge on any atom is -0.492 e. The van der Waals surface area contributed by atoms with Gasteiger partial charge in [0.2, 0.25) is 0 Å². The molecular weight excluding hydrogens is 197 g/mol. The number of likely N-dealkylation sites (N-methyl/N-ethyl adjacent to an activating group) is 1. The van der Waals surface area contributed by atoms with Gasteiger partial charge in [0, 0.05) is 6.07 Å². The van der Waals surface area contributed by atoms with Crippen molar-refractivity contribution in [2.75, 3.05) is 19.8 Å². The Hall–Kier alpha value is -1.13. The normalized spacial score (nSPS) is 12.5. The molecule has 84 valence electrons. The Morgan fingerprint density at radius 2 is 2.33 bits per heavy atom. The topological polar surface area (TPSA) is 41.5 Å². The van der Waals surface area contributed by atoms with Crippen molar-refractivity contribution in [2.45, 2.75) is 13.0 Å². The first-order chi connectivity index (χ1) is 7.26. The second kappa shape index (κ2) is 6.37. The van der Waals surface area contributed by atoms with Gasteiger partial charge in [-0.25, -0.2) is 4.39 Å². The van der Waals surface area contributed by atoms with E-state index in [0.29, 0.717) is 12.4 Å². The van der Waals surface area contributed by atoms with Crippen LogP contribution in [0.2, 0.25) is 0 Å².